The van der Waals surface area contributed by atoms with Crippen molar-refractivity contribution in [2.75, 3.05) is 11.5 Å². The van der Waals surface area contributed by atoms with Gasteiger partial charge in [-0.15, -0.1) is 0 Å². The molecule has 164 valence electrons. The number of halogens is 3. The molecule has 4 rings (SSSR count). The number of hydrogen-bond donors (Lipinski definition) is 0. The molecule has 10 heteroatoms. The monoisotopic (exact) mass is 436 g/mol. The summed E-state index contributed by atoms with van der Waals surface area (Å²) >= 11 is 0. The molecule has 0 saturated carbocycles. The van der Waals surface area contributed by atoms with Crippen molar-refractivity contribution in [2.45, 2.75) is 44.6 Å². The Labute approximate surface area is 175 Å². The van der Waals surface area contributed by atoms with E-state index in [4.69, 9.17) is 14.7 Å². The fourth-order valence-corrected chi connectivity index (χ4v) is 5.37. The third kappa shape index (κ3) is 2.79. The minimum atomic E-state index is -4.84. The van der Waals surface area contributed by atoms with Gasteiger partial charge >= 0.3 is 12.1 Å². The lowest BCUT2D eigenvalue weighted by molar-refractivity contribution is -0.156. The maximum absolute atomic E-state index is 13.4. The van der Waals surface area contributed by atoms with Crippen LogP contribution in [-0.4, -0.2) is 35.6 Å². The van der Waals surface area contributed by atoms with E-state index in [0.717, 1.165) is 17.0 Å². The van der Waals surface area contributed by atoms with Crippen molar-refractivity contribution in [3.8, 4) is 6.07 Å². The zero-order valence-corrected chi connectivity index (χ0v) is 16.9. The van der Waals surface area contributed by atoms with Crippen LogP contribution in [0.5, 0.6) is 0 Å². The van der Waals surface area contributed by atoms with Gasteiger partial charge in [0.05, 0.1) is 58.4 Å². The molecule has 3 aliphatic rings. The summed E-state index contributed by atoms with van der Waals surface area (Å²) in [5.74, 6) is -4.68. The Balaban J connectivity index is 1.77. The highest BCUT2D eigenvalue weighted by atomic mass is 19.4. The number of rotatable bonds is 3. The number of imide groups is 1. The van der Waals surface area contributed by atoms with E-state index >= 15 is 0 Å². The Morgan fingerprint density at radius 2 is 1.94 bits per heavy atom. The summed E-state index contributed by atoms with van der Waals surface area (Å²) in [6.45, 7) is 4.98. The van der Waals surface area contributed by atoms with Crippen LogP contribution in [0.3, 0.4) is 0 Å². The van der Waals surface area contributed by atoms with Gasteiger partial charge in [-0.25, -0.2) is 4.90 Å². The first-order valence-corrected chi connectivity index (χ1v) is 9.75. The summed E-state index contributed by atoms with van der Waals surface area (Å²) in [4.78, 5) is 39.7. The summed E-state index contributed by atoms with van der Waals surface area (Å²) in [5.41, 5.74) is -4.55. The fourth-order valence-electron chi connectivity index (χ4n) is 5.37. The highest BCUT2D eigenvalue weighted by Crippen LogP contribution is 2.63. The molecule has 0 N–H and O–H groups in total. The standard InChI is InChI=1S/C21H19F3N2O5/c1-4-30-18(29)13-8-19(2)14-15(20(13,3)31-19)17(28)26(16(14)27)11-6-5-10(9-25)12(7-11)21(22,23)24/h5-7,13-15H,4,8H2,1-3H3/t13-,14+,15-,19-,20+/m0/s1. The van der Waals surface area contributed by atoms with Gasteiger partial charge in [0.2, 0.25) is 11.8 Å². The highest BCUT2D eigenvalue weighted by Gasteiger charge is 2.77. The number of nitrogens with zero attached hydrogens (tertiary/aromatic N) is 2. The average molecular weight is 436 g/mol. The Kier molecular flexibility index (Phi) is 4.49. The quantitative estimate of drug-likeness (QED) is 0.534. The Hall–Kier alpha value is -2.93. The topological polar surface area (TPSA) is 96.7 Å². The van der Waals surface area contributed by atoms with Crippen LogP contribution in [0.1, 0.15) is 38.3 Å². The summed E-state index contributed by atoms with van der Waals surface area (Å²) in [6.07, 6.45) is -4.67. The van der Waals surface area contributed by atoms with Crippen molar-refractivity contribution in [1.82, 2.24) is 0 Å². The Morgan fingerprint density at radius 1 is 1.29 bits per heavy atom. The van der Waals surface area contributed by atoms with Crippen LogP contribution in [0.4, 0.5) is 18.9 Å². The molecule has 2 amide bonds. The first-order chi connectivity index (χ1) is 14.4. The van der Waals surface area contributed by atoms with Crippen molar-refractivity contribution >= 4 is 23.5 Å². The molecule has 3 fully saturated rings. The van der Waals surface area contributed by atoms with E-state index in [2.05, 4.69) is 0 Å². The second kappa shape index (κ2) is 6.53. The maximum Gasteiger partial charge on any atom is 0.417 e. The smallest absolute Gasteiger partial charge is 0.417 e. The first-order valence-electron chi connectivity index (χ1n) is 9.75. The number of benzene rings is 1. The predicted molar refractivity (Wildman–Crippen MR) is 98.3 cm³/mol. The minimum Gasteiger partial charge on any atom is -0.466 e. The number of carbonyl (C=O) groups is 3. The molecule has 2 bridgehead atoms. The lowest BCUT2D eigenvalue weighted by Gasteiger charge is -2.33. The highest BCUT2D eigenvalue weighted by molar-refractivity contribution is 6.23. The van der Waals surface area contributed by atoms with Gasteiger partial charge in [0, 0.05) is 0 Å². The second-order valence-corrected chi connectivity index (χ2v) is 8.41. The van der Waals surface area contributed by atoms with E-state index in [1.165, 1.54) is 6.07 Å². The summed E-state index contributed by atoms with van der Waals surface area (Å²) < 4.78 is 51.3. The number of alkyl halides is 3. The van der Waals surface area contributed by atoms with Crippen molar-refractivity contribution in [3.63, 3.8) is 0 Å². The normalized spacial score (nSPS) is 34.1. The van der Waals surface area contributed by atoms with Crippen molar-refractivity contribution in [2.24, 2.45) is 17.8 Å². The average Bonchev–Trinajstić information content (AvgIpc) is 3.22. The molecule has 7 nitrogen and oxygen atoms in total. The van der Waals surface area contributed by atoms with E-state index in [1.807, 2.05) is 0 Å². The molecule has 1 aromatic carbocycles. The number of hydrogen-bond acceptors (Lipinski definition) is 6. The van der Waals surface area contributed by atoms with E-state index < -0.39 is 64.0 Å². The van der Waals surface area contributed by atoms with Gasteiger partial charge in [0.15, 0.2) is 0 Å². The lowest BCUT2D eigenvalue weighted by Crippen LogP contribution is -2.49. The van der Waals surface area contributed by atoms with Crippen LogP contribution in [0.2, 0.25) is 0 Å². The molecule has 1 aromatic rings. The number of anilines is 1. The molecule has 31 heavy (non-hydrogen) atoms. The Morgan fingerprint density at radius 3 is 2.52 bits per heavy atom. The van der Waals surface area contributed by atoms with E-state index in [1.54, 1.807) is 20.8 Å². The molecular weight excluding hydrogens is 417 g/mol. The summed E-state index contributed by atoms with van der Waals surface area (Å²) in [7, 11) is 0. The minimum absolute atomic E-state index is 0.140. The lowest BCUT2D eigenvalue weighted by atomic mass is 9.64. The molecule has 3 heterocycles. The van der Waals surface area contributed by atoms with E-state index in [-0.39, 0.29) is 18.7 Å². The van der Waals surface area contributed by atoms with E-state index in [0.29, 0.717) is 6.07 Å². The van der Waals surface area contributed by atoms with Crippen LogP contribution in [0.25, 0.3) is 0 Å². The predicted octanol–water partition coefficient (Wildman–Crippen LogP) is 2.81. The first kappa shape index (κ1) is 21.3. The molecule has 0 spiro atoms. The number of ether oxygens (including phenoxy) is 2. The van der Waals surface area contributed by atoms with Gasteiger partial charge in [-0.3, -0.25) is 14.4 Å². The molecule has 3 aliphatic heterocycles. The molecule has 0 radical (unpaired) electrons. The summed E-state index contributed by atoms with van der Waals surface area (Å²) in [6, 6.07) is 4.17. The Bertz CT molecular complexity index is 1050. The molecular formula is C21H19F3N2O5. The summed E-state index contributed by atoms with van der Waals surface area (Å²) in [5, 5.41) is 8.99. The van der Waals surface area contributed by atoms with E-state index in [9.17, 15) is 27.6 Å². The fraction of sp³-hybridized carbons (Fsp3) is 0.524. The number of nitriles is 1. The molecule has 0 aromatic heterocycles. The molecule has 5 atom stereocenters. The zero-order chi connectivity index (χ0) is 22.9. The third-order valence-electron chi connectivity index (χ3n) is 6.59. The molecule has 0 aliphatic carbocycles. The van der Waals surface area contributed by atoms with Crippen molar-refractivity contribution in [3.05, 3.63) is 29.3 Å². The van der Waals surface area contributed by atoms with Crippen molar-refractivity contribution in [1.29, 1.82) is 5.26 Å². The number of esters is 1. The number of carbonyl (C=O) groups excluding carboxylic acids is 3. The molecule has 3 saturated heterocycles. The van der Waals surface area contributed by atoms with Crippen LogP contribution in [0, 0.1) is 29.1 Å². The van der Waals surface area contributed by atoms with Crippen LogP contribution in [-0.2, 0) is 30.0 Å². The van der Waals surface area contributed by atoms with Crippen LogP contribution in [0.15, 0.2) is 18.2 Å². The SMILES string of the molecule is CCOC(=O)[C@@H]1C[C@]2(C)O[C@@]1(C)[C@@H]1C(=O)N(c3ccc(C#N)c(C(F)(F)F)c3)C(=O)[C@@H]12. The van der Waals surface area contributed by atoms with Gasteiger partial charge in [-0.05, 0) is 45.4 Å². The van der Waals surface area contributed by atoms with Gasteiger partial charge in [0.25, 0.3) is 0 Å². The van der Waals surface area contributed by atoms with Gasteiger partial charge < -0.3 is 9.47 Å². The zero-order valence-electron chi connectivity index (χ0n) is 16.9. The van der Waals surface area contributed by atoms with Gasteiger partial charge in [0.1, 0.15) is 0 Å². The van der Waals surface area contributed by atoms with Crippen molar-refractivity contribution < 1.29 is 37.0 Å². The number of amides is 2. The van der Waals surface area contributed by atoms with Crippen LogP contribution >= 0.6 is 0 Å². The van der Waals surface area contributed by atoms with Gasteiger partial charge in [-0.1, -0.05) is 0 Å². The second-order valence-electron chi connectivity index (χ2n) is 8.41. The van der Waals surface area contributed by atoms with Gasteiger partial charge in [-0.2, -0.15) is 18.4 Å². The molecule has 0 unspecified atom stereocenters. The van der Waals surface area contributed by atoms with Crippen LogP contribution < -0.4 is 4.90 Å². The largest absolute Gasteiger partial charge is 0.466 e. The third-order valence-corrected chi connectivity index (χ3v) is 6.59. The maximum atomic E-state index is 13.4. The number of fused-ring (bicyclic) bond motifs is 5.